The molecule has 1 saturated heterocycles. The summed E-state index contributed by atoms with van der Waals surface area (Å²) in [4.78, 5) is 44.1. The van der Waals surface area contributed by atoms with Crippen molar-refractivity contribution in [1.29, 1.82) is 0 Å². The molecule has 0 bridgehead atoms. The number of halogens is 2. The van der Waals surface area contributed by atoms with Crippen LogP contribution in [0.2, 0.25) is 10.0 Å². The monoisotopic (exact) mass is 647 g/mol. The third-order valence-electron chi connectivity index (χ3n) is 5.66. The van der Waals surface area contributed by atoms with Crippen molar-refractivity contribution in [2.24, 2.45) is 5.73 Å². The smallest absolute Gasteiger partial charge is 0.329 e. The Morgan fingerprint density at radius 3 is 2.76 bits per heavy atom. The molecular formula is C26H35Cl2N5O6S2. The number of amides is 2. The van der Waals surface area contributed by atoms with Gasteiger partial charge >= 0.3 is 5.97 Å². The highest BCUT2D eigenvalue weighted by atomic mass is 35.5. The topological polar surface area (TPSA) is 156 Å². The van der Waals surface area contributed by atoms with E-state index in [1.807, 2.05) is 12.1 Å². The van der Waals surface area contributed by atoms with Crippen LogP contribution in [0, 0.1) is 0 Å². The van der Waals surface area contributed by atoms with Crippen LogP contribution in [0.15, 0.2) is 27.9 Å². The van der Waals surface area contributed by atoms with Crippen molar-refractivity contribution < 1.29 is 29.0 Å². The van der Waals surface area contributed by atoms with Crippen molar-refractivity contribution in [2.75, 3.05) is 32.0 Å². The lowest BCUT2D eigenvalue weighted by Crippen LogP contribution is -2.47. The minimum absolute atomic E-state index is 0.0793. The van der Waals surface area contributed by atoms with E-state index < -0.39 is 29.7 Å². The summed E-state index contributed by atoms with van der Waals surface area (Å²) in [6, 6.07) is 4.42. The number of benzene rings is 1. The first-order valence-electron chi connectivity index (χ1n) is 12.9. The Bertz CT molecular complexity index is 1210. The van der Waals surface area contributed by atoms with Crippen LogP contribution in [0.3, 0.4) is 0 Å². The Hall–Kier alpha value is -1.97. The van der Waals surface area contributed by atoms with E-state index in [0.29, 0.717) is 40.6 Å². The zero-order chi connectivity index (χ0) is 30.2. The number of aliphatic hydroxyl groups excluding tert-OH is 1. The van der Waals surface area contributed by atoms with Gasteiger partial charge < -0.3 is 30.9 Å². The van der Waals surface area contributed by atoms with Gasteiger partial charge in [0.25, 0.3) is 5.91 Å². The Morgan fingerprint density at radius 2 is 2.07 bits per heavy atom. The standard InChI is InChI=1S/C26H35Cl2N5O6S2/c1-26(2,3)39-24(37)19(9-21(29)34)31-23(36)20-13-40-25(32-20)41-14-22(35)30-10-16-12-33(6-7-38-16)11-15-4-5-17(27)18(28)8-15/h4-5,8,13,16,19,21,34H,6-7,9-12,14,29H2,1-3H3,(H,30,35)(H,31,36)/t16-,19-,21-/m0/s1. The molecule has 2 heterocycles. The number of nitrogens with zero attached hydrogens (tertiary/aromatic N) is 2. The number of aliphatic hydroxyl groups is 1. The summed E-state index contributed by atoms with van der Waals surface area (Å²) < 4.78 is 11.6. The molecule has 5 N–H and O–H groups in total. The van der Waals surface area contributed by atoms with Gasteiger partial charge in [-0.25, -0.2) is 9.78 Å². The number of carbonyl (C=O) groups excluding carboxylic acids is 3. The van der Waals surface area contributed by atoms with E-state index in [1.54, 1.807) is 26.8 Å². The Balaban J connectivity index is 1.43. The maximum atomic E-state index is 12.7. The molecular weight excluding hydrogens is 613 g/mol. The second-order valence-electron chi connectivity index (χ2n) is 10.4. The van der Waals surface area contributed by atoms with Crippen LogP contribution >= 0.6 is 46.3 Å². The quantitative estimate of drug-likeness (QED) is 0.153. The molecule has 2 aromatic rings. The summed E-state index contributed by atoms with van der Waals surface area (Å²) in [5.74, 6) is -1.41. The number of aromatic nitrogens is 1. The fraction of sp³-hybridized carbons (Fsp3) is 0.538. The van der Waals surface area contributed by atoms with Crippen LogP contribution < -0.4 is 16.4 Å². The predicted molar refractivity (Wildman–Crippen MR) is 159 cm³/mol. The number of esters is 1. The Kier molecular flexibility index (Phi) is 12.7. The number of morpholine rings is 1. The van der Waals surface area contributed by atoms with E-state index in [2.05, 4.69) is 20.5 Å². The van der Waals surface area contributed by atoms with E-state index in [1.165, 1.54) is 28.5 Å². The SMILES string of the molecule is CC(C)(C)OC(=O)[C@H](C[C@@H](N)O)NC(=O)c1csc(SCC(=O)NC[C@H]2CN(Cc3ccc(Cl)c(Cl)c3)CCO2)n1. The van der Waals surface area contributed by atoms with E-state index >= 15 is 0 Å². The van der Waals surface area contributed by atoms with E-state index in [9.17, 15) is 19.5 Å². The zero-order valence-electron chi connectivity index (χ0n) is 23.0. The summed E-state index contributed by atoms with van der Waals surface area (Å²) in [6.45, 7) is 8.13. The van der Waals surface area contributed by atoms with Crippen molar-refractivity contribution in [1.82, 2.24) is 20.5 Å². The third kappa shape index (κ3) is 11.7. The molecule has 1 aliphatic rings. The molecule has 3 rings (SSSR count). The predicted octanol–water partition coefficient (Wildman–Crippen LogP) is 2.67. The van der Waals surface area contributed by atoms with Gasteiger partial charge in [0, 0.05) is 38.0 Å². The fourth-order valence-electron chi connectivity index (χ4n) is 3.84. The molecule has 41 heavy (non-hydrogen) atoms. The molecule has 0 aliphatic carbocycles. The number of hydrogen-bond acceptors (Lipinski definition) is 11. The molecule has 1 aromatic heterocycles. The number of thiazole rings is 1. The van der Waals surface area contributed by atoms with Crippen LogP contribution in [0.5, 0.6) is 0 Å². The van der Waals surface area contributed by atoms with Gasteiger partial charge in [-0.2, -0.15) is 0 Å². The highest BCUT2D eigenvalue weighted by molar-refractivity contribution is 8.01. The number of ether oxygens (including phenoxy) is 2. The van der Waals surface area contributed by atoms with Crippen LogP contribution in [0.1, 0.15) is 43.2 Å². The Morgan fingerprint density at radius 1 is 1.32 bits per heavy atom. The average molecular weight is 649 g/mol. The molecule has 226 valence electrons. The van der Waals surface area contributed by atoms with Gasteiger partial charge in [-0.3, -0.25) is 14.5 Å². The number of hydrogen-bond donors (Lipinski definition) is 4. The van der Waals surface area contributed by atoms with Gasteiger partial charge in [-0.1, -0.05) is 41.0 Å². The van der Waals surface area contributed by atoms with E-state index in [0.717, 1.165) is 12.1 Å². The van der Waals surface area contributed by atoms with Gasteiger partial charge in [0.2, 0.25) is 5.91 Å². The zero-order valence-corrected chi connectivity index (χ0v) is 26.2. The minimum Gasteiger partial charge on any atom is -0.458 e. The highest BCUT2D eigenvalue weighted by Gasteiger charge is 2.29. The highest BCUT2D eigenvalue weighted by Crippen LogP contribution is 2.24. The van der Waals surface area contributed by atoms with Crippen molar-refractivity contribution in [3.05, 3.63) is 44.9 Å². The van der Waals surface area contributed by atoms with Gasteiger partial charge in [-0.05, 0) is 38.5 Å². The van der Waals surface area contributed by atoms with Gasteiger partial charge in [-0.15, -0.1) is 11.3 Å². The summed E-state index contributed by atoms with van der Waals surface area (Å²) in [6.07, 6.45) is -1.69. The molecule has 0 unspecified atom stereocenters. The summed E-state index contributed by atoms with van der Waals surface area (Å²) >= 11 is 14.5. The Labute approximate surface area is 257 Å². The van der Waals surface area contributed by atoms with E-state index in [4.69, 9.17) is 38.4 Å². The first-order chi connectivity index (χ1) is 19.3. The van der Waals surface area contributed by atoms with Gasteiger partial charge in [0.05, 0.1) is 28.5 Å². The summed E-state index contributed by atoms with van der Waals surface area (Å²) in [7, 11) is 0. The lowest BCUT2D eigenvalue weighted by molar-refractivity contribution is -0.158. The number of nitrogens with two attached hydrogens (primary N) is 1. The minimum atomic E-state index is -1.32. The van der Waals surface area contributed by atoms with Gasteiger partial charge in [0.15, 0.2) is 4.34 Å². The molecule has 15 heteroatoms. The van der Waals surface area contributed by atoms with Gasteiger partial charge in [0.1, 0.15) is 23.6 Å². The van der Waals surface area contributed by atoms with E-state index in [-0.39, 0.29) is 29.9 Å². The second kappa shape index (κ2) is 15.5. The molecule has 1 aliphatic heterocycles. The molecule has 0 spiro atoms. The molecule has 2 amide bonds. The van der Waals surface area contributed by atoms with Crippen molar-refractivity contribution in [3.63, 3.8) is 0 Å². The van der Waals surface area contributed by atoms with Crippen LogP contribution in [0.25, 0.3) is 0 Å². The third-order valence-corrected chi connectivity index (χ3v) is 8.42. The first kappa shape index (κ1) is 33.5. The molecule has 1 fully saturated rings. The number of carbonyl (C=O) groups is 3. The average Bonchev–Trinajstić information content (AvgIpc) is 3.36. The number of rotatable bonds is 12. The maximum Gasteiger partial charge on any atom is 0.329 e. The molecule has 0 radical (unpaired) electrons. The number of nitrogens with one attached hydrogen (secondary N) is 2. The lowest BCUT2D eigenvalue weighted by atomic mass is 10.1. The molecule has 1 aromatic carbocycles. The fourth-order valence-corrected chi connectivity index (χ4v) is 5.79. The van der Waals surface area contributed by atoms with Crippen LogP contribution in [-0.2, 0) is 25.6 Å². The van der Waals surface area contributed by atoms with Crippen LogP contribution in [0.4, 0.5) is 0 Å². The molecule has 0 saturated carbocycles. The van der Waals surface area contributed by atoms with Crippen LogP contribution in [-0.4, -0.2) is 88.7 Å². The first-order valence-corrected chi connectivity index (χ1v) is 15.5. The largest absolute Gasteiger partial charge is 0.458 e. The van der Waals surface area contributed by atoms with Crippen molar-refractivity contribution in [3.8, 4) is 0 Å². The maximum absolute atomic E-state index is 12.7. The summed E-state index contributed by atoms with van der Waals surface area (Å²) in [5, 5.41) is 17.5. The normalized spacial score (nSPS) is 17.5. The second-order valence-corrected chi connectivity index (χ2v) is 13.3. The van der Waals surface area contributed by atoms with Crippen molar-refractivity contribution >= 4 is 64.1 Å². The number of thioether (sulfide) groups is 1. The lowest BCUT2D eigenvalue weighted by Gasteiger charge is -2.33. The van der Waals surface area contributed by atoms with Crippen molar-refractivity contribution in [2.45, 2.75) is 62.1 Å². The summed E-state index contributed by atoms with van der Waals surface area (Å²) in [5.41, 5.74) is 5.78. The molecule has 3 atom stereocenters. The molecule has 11 nitrogen and oxygen atoms in total.